The first-order valence-corrected chi connectivity index (χ1v) is 10.3. The Morgan fingerprint density at radius 3 is 2.63 bits per heavy atom. The first-order valence-electron chi connectivity index (χ1n) is 10.3. The lowest BCUT2D eigenvalue weighted by molar-refractivity contribution is -0.137. The average molecular weight is 415 g/mol. The molecule has 1 aromatic heterocycles. The van der Waals surface area contributed by atoms with E-state index in [9.17, 15) is 18.4 Å². The van der Waals surface area contributed by atoms with Crippen LogP contribution in [0.1, 0.15) is 36.3 Å². The highest BCUT2D eigenvalue weighted by Crippen LogP contribution is 2.32. The summed E-state index contributed by atoms with van der Waals surface area (Å²) >= 11 is 0. The van der Waals surface area contributed by atoms with Gasteiger partial charge in [0.05, 0.1) is 11.3 Å². The van der Waals surface area contributed by atoms with Gasteiger partial charge in [-0.15, -0.1) is 0 Å². The number of alkyl halides is 3. The molecule has 3 aliphatic rings. The molecule has 8 heteroatoms. The van der Waals surface area contributed by atoms with Gasteiger partial charge in [0.15, 0.2) is 0 Å². The number of hydrogen-bond donors (Lipinski definition) is 1. The molecule has 5 rings (SSSR count). The number of piperidine rings is 3. The van der Waals surface area contributed by atoms with Crippen LogP contribution in [-0.4, -0.2) is 47.1 Å². The molecule has 2 bridgehead atoms. The standard InChI is InChI=1S/C22H24F3N5/c23-22(24,25)17-4-1-3-16(11-17)19-12-18(28-21(13-26)29-19)5-2-8-27-20-14-30-9-6-15(20)7-10-30/h1,3-4,11-12,15,20,27H,2,5-10,14H2. The average Bonchev–Trinajstić information content (AvgIpc) is 2.77. The van der Waals surface area contributed by atoms with Crippen molar-refractivity contribution in [2.75, 3.05) is 26.2 Å². The number of rotatable bonds is 6. The third kappa shape index (κ3) is 4.79. The van der Waals surface area contributed by atoms with Crippen molar-refractivity contribution in [3.8, 4) is 17.3 Å². The summed E-state index contributed by atoms with van der Waals surface area (Å²) in [6.07, 6.45) is -0.431. The lowest BCUT2D eigenvalue weighted by Gasteiger charge is -2.45. The Labute approximate surface area is 173 Å². The summed E-state index contributed by atoms with van der Waals surface area (Å²) < 4.78 is 39.1. The molecule has 30 heavy (non-hydrogen) atoms. The van der Waals surface area contributed by atoms with Crippen molar-refractivity contribution < 1.29 is 13.2 Å². The fourth-order valence-electron chi connectivity index (χ4n) is 4.43. The number of halogens is 3. The van der Waals surface area contributed by atoms with E-state index in [-0.39, 0.29) is 5.82 Å². The van der Waals surface area contributed by atoms with E-state index in [1.54, 1.807) is 12.1 Å². The minimum absolute atomic E-state index is 0.0229. The van der Waals surface area contributed by atoms with Gasteiger partial charge < -0.3 is 10.2 Å². The van der Waals surface area contributed by atoms with Crippen LogP contribution in [0.2, 0.25) is 0 Å². The van der Waals surface area contributed by atoms with Crippen molar-refractivity contribution in [3.63, 3.8) is 0 Å². The summed E-state index contributed by atoms with van der Waals surface area (Å²) in [7, 11) is 0. The smallest absolute Gasteiger partial charge is 0.312 e. The number of benzene rings is 1. The highest BCUT2D eigenvalue weighted by Gasteiger charge is 2.33. The molecule has 0 spiro atoms. The van der Waals surface area contributed by atoms with E-state index in [0.717, 1.165) is 37.6 Å². The van der Waals surface area contributed by atoms with Gasteiger partial charge in [-0.05, 0) is 69.4 Å². The van der Waals surface area contributed by atoms with Crippen LogP contribution in [0.3, 0.4) is 0 Å². The van der Waals surface area contributed by atoms with Crippen LogP contribution in [0.5, 0.6) is 0 Å². The molecule has 1 unspecified atom stereocenters. The number of nitrogens with one attached hydrogen (secondary N) is 1. The summed E-state index contributed by atoms with van der Waals surface area (Å²) in [6, 6.07) is 9.14. The molecule has 5 nitrogen and oxygen atoms in total. The summed E-state index contributed by atoms with van der Waals surface area (Å²) in [5.41, 5.74) is 0.605. The summed E-state index contributed by atoms with van der Waals surface area (Å²) in [4.78, 5) is 10.9. The molecule has 0 amide bonds. The quantitative estimate of drug-likeness (QED) is 0.730. The Balaban J connectivity index is 1.41. The predicted octanol–water partition coefficient (Wildman–Crippen LogP) is 3.65. The van der Waals surface area contributed by atoms with Crippen LogP contribution < -0.4 is 5.32 Å². The maximum atomic E-state index is 13.0. The van der Waals surface area contributed by atoms with Gasteiger partial charge in [-0.1, -0.05) is 12.1 Å². The summed E-state index contributed by atoms with van der Waals surface area (Å²) in [5, 5.41) is 12.9. The molecular formula is C22H24F3N5. The van der Waals surface area contributed by atoms with Crippen molar-refractivity contribution in [2.45, 2.75) is 37.9 Å². The van der Waals surface area contributed by atoms with Gasteiger partial charge >= 0.3 is 6.18 Å². The minimum Gasteiger partial charge on any atom is -0.312 e. The maximum Gasteiger partial charge on any atom is 0.416 e. The van der Waals surface area contributed by atoms with E-state index < -0.39 is 11.7 Å². The van der Waals surface area contributed by atoms with E-state index in [2.05, 4.69) is 20.2 Å². The molecule has 158 valence electrons. The first-order chi connectivity index (χ1) is 14.4. The van der Waals surface area contributed by atoms with Crippen LogP contribution in [0.4, 0.5) is 13.2 Å². The minimum atomic E-state index is -4.43. The SMILES string of the molecule is N#Cc1nc(CCCNC2CN3CCC2CC3)cc(-c2cccc(C(F)(F)F)c2)n1. The molecule has 1 N–H and O–H groups in total. The molecule has 0 radical (unpaired) electrons. The van der Waals surface area contributed by atoms with Crippen LogP contribution in [-0.2, 0) is 12.6 Å². The highest BCUT2D eigenvalue weighted by molar-refractivity contribution is 5.61. The number of nitrogens with zero attached hydrogens (tertiary/aromatic N) is 4. The molecule has 3 fully saturated rings. The van der Waals surface area contributed by atoms with Gasteiger partial charge in [0, 0.05) is 23.8 Å². The van der Waals surface area contributed by atoms with E-state index in [1.807, 2.05) is 6.07 Å². The zero-order valence-corrected chi connectivity index (χ0v) is 16.6. The topological polar surface area (TPSA) is 64.8 Å². The fraction of sp³-hybridized carbons (Fsp3) is 0.500. The van der Waals surface area contributed by atoms with Crippen molar-refractivity contribution >= 4 is 0 Å². The predicted molar refractivity (Wildman–Crippen MR) is 106 cm³/mol. The zero-order valence-electron chi connectivity index (χ0n) is 16.6. The van der Waals surface area contributed by atoms with Crippen molar-refractivity contribution in [2.24, 2.45) is 5.92 Å². The second-order valence-electron chi connectivity index (χ2n) is 8.06. The Morgan fingerprint density at radius 2 is 1.97 bits per heavy atom. The summed E-state index contributed by atoms with van der Waals surface area (Å²) in [5.74, 6) is 0.733. The monoisotopic (exact) mass is 415 g/mol. The van der Waals surface area contributed by atoms with Crippen LogP contribution in [0.25, 0.3) is 11.3 Å². The third-order valence-electron chi connectivity index (χ3n) is 6.04. The molecule has 2 aromatic rings. The molecule has 0 aliphatic carbocycles. The maximum absolute atomic E-state index is 13.0. The van der Waals surface area contributed by atoms with Gasteiger partial charge in [-0.25, -0.2) is 9.97 Å². The second kappa shape index (κ2) is 8.70. The molecule has 1 atom stereocenters. The molecule has 3 saturated heterocycles. The molecule has 0 saturated carbocycles. The van der Waals surface area contributed by atoms with Crippen molar-refractivity contribution in [1.29, 1.82) is 5.26 Å². The molecule has 1 aromatic carbocycles. The lowest BCUT2D eigenvalue weighted by Crippen LogP contribution is -2.56. The number of nitriles is 1. The van der Waals surface area contributed by atoms with E-state index in [4.69, 9.17) is 0 Å². The van der Waals surface area contributed by atoms with Crippen LogP contribution >= 0.6 is 0 Å². The van der Waals surface area contributed by atoms with E-state index in [1.165, 1.54) is 32.0 Å². The number of aryl methyl sites for hydroxylation is 1. The van der Waals surface area contributed by atoms with Crippen molar-refractivity contribution in [1.82, 2.24) is 20.2 Å². The Morgan fingerprint density at radius 1 is 1.17 bits per heavy atom. The largest absolute Gasteiger partial charge is 0.416 e. The van der Waals surface area contributed by atoms with Gasteiger partial charge in [0.2, 0.25) is 5.82 Å². The van der Waals surface area contributed by atoms with Crippen LogP contribution in [0.15, 0.2) is 30.3 Å². The number of hydrogen-bond acceptors (Lipinski definition) is 5. The fourth-order valence-corrected chi connectivity index (χ4v) is 4.43. The number of aromatic nitrogens is 2. The van der Waals surface area contributed by atoms with E-state index >= 15 is 0 Å². The molecule has 3 aliphatic heterocycles. The van der Waals surface area contributed by atoms with Gasteiger partial charge in [0.25, 0.3) is 0 Å². The Hall–Kier alpha value is -2.50. The van der Waals surface area contributed by atoms with Gasteiger partial charge in [0.1, 0.15) is 6.07 Å². The van der Waals surface area contributed by atoms with Crippen molar-refractivity contribution in [3.05, 3.63) is 47.4 Å². The van der Waals surface area contributed by atoms with Gasteiger partial charge in [-0.3, -0.25) is 0 Å². The first kappa shape index (κ1) is 20.8. The lowest BCUT2D eigenvalue weighted by atomic mass is 9.84. The zero-order chi connectivity index (χ0) is 21.1. The number of fused-ring (bicyclic) bond motifs is 3. The van der Waals surface area contributed by atoms with E-state index in [0.29, 0.717) is 29.4 Å². The Kier molecular flexibility index (Phi) is 6.02. The Bertz CT molecular complexity index is 929. The van der Waals surface area contributed by atoms with Gasteiger partial charge in [-0.2, -0.15) is 18.4 Å². The third-order valence-corrected chi connectivity index (χ3v) is 6.04. The second-order valence-corrected chi connectivity index (χ2v) is 8.06. The highest BCUT2D eigenvalue weighted by atomic mass is 19.4. The normalized spacial score (nSPS) is 23.3. The van der Waals surface area contributed by atoms with Crippen LogP contribution in [0, 0.1) is 17.2 Å². The molecular weight excluding hydrogens is 391 g/mol. The summed E-state index contributed by atoms with van der Waals surface area (Å²) in [6.45, 7) is 4.37. The molecule has 4 heterocycles.